The Balaban J connectivity index is 2.04. The third-order valence-electron chi connectivity index (χ3n) is 2.67. The number of halogens is 1. The predicted molar refractivity (Wildman–Crippen MR) is 80.0 cm³/mol. The van der Waals surface area contributed by atoms with Crippen molar-refractivity contribution in [3.63, 3.8) is 0 Å². The van der Waals surface area contributed by atoms with Crippen molar-refractivity contribution in [2.45, 2.75) is 9.79 Å². The van der Waals surface area contributed by atoms with E-state index < -0.39 is 15.7 Å². The molecule has 2 N–H and O–H groups in total. The Bertz CT molecular complexity index is 688. The molecule has 0 aromatic heterocycles. The number of nitrogens with two attached hydrogens (primary N) is 1. The second kappa shape index (κ2) is 6.28. The standard InChI is InChI=1S/C14H14FNO2S2/c15-11-6-7-14(13(16)10-11)20(17,18)9-8-19-12-4-2-1-3-5-12/h1-7,10H,8-9,16H2. The highest BCUT2D eigenvalue weighted by Crippen LogP contribution is 2.23. The Morgan fingerprint density at radius 2 is 1.80 bits per heavy atom. The van der Waals surface area contributed by atoms with Gasteiger partial charge in [0.15, 0.2) is 9.84 Å². The van der Waals surface area contributed by atoms with E-state index >= 15 is 0 Å². The fourth-order valence-corrected chi connectivity index (χ4v) is 4.41. The van der Waals surface area contributed by atoms with E-state index in [-0.39, 0.29) is 16.3 Å². The third-order valence-corrected chi connectivity index (χ3v) is 5.73. The highest BCUT2D eigenvalue weighted by molar-refractivity contribution is 8.00. The molecule has 0 atom stereocenters. The zero-order valence-electron chi connectivity index (χ0n) is 10.6. The first-order valence-corrected chi connectivity index (χ1v) is 8.58. The molecule has 0 aliphatic carbocycles. The van der Waals surface area contributed by atoms with Gasteiger partial charge in [0.1, 0.15) is 5.82 Å². The van der Waals surface area contributed by atoms with Crippen LogP contribution in [-0.4, -0.2) is 19.9 Å². The van der Waals surface area contributed by atoms with Gasteiger partial charge in [-0.3, -0.25) is 0 Å². The lowest BCUT2D eigenvalue weighted by atomic mass is 10.3. The lowest BCUT2D eigenvalue weighted by Gasteiger charge is -2.07. The number of nitrogen functional groups attached to an aromatic ring is 1. The smallest absolute Gasteiger partial charge is 0.181 e. The number of sulfone groups is 1. The lowest BCUT2D eigenvalue weighted by Crippen LogP contribution is -2.11. The molecule has 0 heterocycles. The van der Waals surface area contributed by atoms with Gasteiger partial charge in [0, 0.05) is 10.6 Å². The molecular formula is C14H14FNO2S2. The van der Waals surface area contributed by atoms with Gasteiger partial charge in [0.05, 0.1) is 16.3 Å². The van der Waals surface area contributed by atoms with Crippen molar-refractivity contribution < 1.29 is 12.8 Å². The van der Waals surface area contributed by atoms with Gasteiger partial charge in [-0.15, -0.1) is 11.8 Å². The van der Waals surface area contributed by atoms with Gasteiger partial charge in [0.2, 0.25) is 0 Å². The van der Waals surface area contributed by atoms with E-state index in [0.717, 1.165) is 17.0 Å². The maximum absolute atomic E-state index is 12.9. The summed E-state index contributed by atoms with van der Waals surface area (Å²) < 4.78 is 37.2. The molecule has 0 saturated carbocycles. The Kier molecular flexibility index (Phi) is 4.67. The minimum atomic E-state index is -3.49. The van der Waals surface area contributed by atoms with Crippen LogP contribution in [0.25, 0.3) is 0 Å². The van der Waals surface area contributed by atoms with Crippen molar-refractivity contribution in [2.24, 2.45) is 0 Å². The zero-order valence-corrected chi connectivity index (χ0v) is 12.3. The monoisotopic (exact) mass is 311 g/mol. The van der Waals surface area contributed by atoms with Crippen LogP contribution < -0.4 is 5.73 Å². The summed E-state index contributed by atoms with van der Waals surface area (Å²) in [6.07, 6.45) is 0. The molecule has 106 valence electrons. The van der Waals surface area contributed by atoms with Gasteiger partial charge >= 0.3 is 0 Å². The summed E-state index contributed by atoms with van der Waals surface area (Å²) in [6, 6.07) is 12.9. The summed E-state index contributed by atoms with van der Waals surface area (Å²) in [5.41, 5.74) is 5.52. The highest BCUT2D eigenvalue weighted by atomic mass is 32.2. The van der Waals surface area contributed by atoms with E-state index in [9.17, 15) is 12.8 Å². The molecule has 2 rings (SSSR count). The normalized spacial score (nSPS) is 11.4. The van der Waals surface area contributed by atoms with Crippen LogP contribution in [0.1, 0.15) is 0 Å². The van der Waals surface area contributed by atoms with Crippen molar-refractivity contribution >= 4 is 27.3 Å². The van der Waals surface area contributed by atoms with E-state index in [1.807, 2.05) is 30.3 Å². The van der Waals surface area contributed by atoms with E-state index in [1.165, 1.54) is 17.8 Å². The molecule has 3 nitrogen and oxygen atoms in total. The SMILES string of the molecule is Nc1cc(F)ccc1S(=O)(=O)CCSc1ccccc1. The molecule has 0 amide bonds. The first-order valence-electron chi connectivity index (χ1n) is 5.95. The lowest BCUT2D eigenvalue weighted by molar-refractivity contribution is 0.597. The molecule has 6 heteroatoms. The molecule has 0 bridgehead atoms. The van der Waals surface area contributed by atoms with Crippen LogP contribution in [0.15, 0.2) is 58.3 Å². The largest absolute Gasteiger partial charge is 0.398 e. The van der Waals surface area contributed by atoms with E-state index in [0.29, 0.717) is 5.75 Å². The van der Waals surface area contributed by atoms with Gasteiger partial charge in [-0.25, -0.2) is 12.8 Å². The number of anilines is 1. The third kappa shape index (κ3) is 3.74. The molecule has 0 spiro atoms. The summed E-state index contributed by atoms with van der Waals surface area (Å²) in [6.45, 7) is 0. The van der Waals surface area contributed by atoms with E-state index in [1.54, 1.807) is 0 Å². The number of rotatable bonds is 5. The summed E-state index contributed by atoms with van der Waals surface area (Å²) in [5, 5.41) is 0. The molecule has 0 aliphatic heterocycles. The molecule has 20 heavy (non-hydrogen) atoms. The summed E-state index contributed by atoms with van der Waals surface area (Å²) in [4.78, 5) is 1.00. The topological polar surface area (TPSA) is 60.2 Å². The quantitative estimate of drug-likeness (QED) is 0.524. The number of hydrogen-bond acceptors (Lipinski definition) is 4. The molecular weight excluding hydrogens is 297 g/mol. The van der Waals surface area contributed by atoms with Crippen molar-refractivity contribution in [3.8, 4) is 0 Å². The van der Waals surface area contributed by atoms with Crippen LogP contribution in [0.5, 0.6) is 0 Å². The summed E-state index contributed by atoms with van der Waals surface area (Å²) in [5.74, 6) is -0.161. The fourth-order valence-electron chi connectivity index (χ4n) is 1.70. The van der Waals surface area contributed by atoms with Crippen molar-refractivity contribution in [3.05, 3.63) is 54.3 Å². The molecule has 0 aliphatic rings. The van der Waals surface area contributed by atoms with Crippen molar-refractivity contribution in [1.29, 1.82) is 0 Å². The van der Waals surface area contributed by atoms with Crippen molar-refractivity contribution in [1.82, 2.24) is 0 Å². The van der Waals surface area contributed by atoms with Crippen LogP contribution in [0.2, 0.25) is 0 Å². The van der Waals surface area contributed by atoms with Gasteiger partial charge < -0.3 is 5.73 Å². The van der Waals surface area contributed by atoms with Crippen LogP contribution in [-0.2, 0) is 9.84 Å². The van der Waals surface area contributed by atoms with Gasteiger partial charge in [-0.05, 0) is 30.3 Å². The second-order valence-electron chi connectivity index (χ2n) is 4.16. The van der Waals surface area contributed by atoms with Crippen LogP contribution in [0.3, 0.4) is 0 Å². The van der Waals surface area contributed by atoms with Crippen LogP contribution in [0.4, 0.5) is 10.1 Å². The van der Waals surface area contributed by atoms with E-state index in [4.69, 9.17) is 5.73 Å². The molecule has 0 saturated heterocycles. The Hall–Kier alpha value is -1.53. The summed E-state index contributed by atoms with van der Waals surface area (Å²) in [7, 11) is -3.49. The second-order valence-corrected chi connectivity index (χ2v) is 7.41. The molecule has 0 radical (unpaired) electrons. The minimum Gasteiger partial charge on any atom is -0.398 e. The average molecular weight is 311 g/mol. The number of thioether (sulfide) groups is 1. The molecule has 0 fully saturated rings. The van der Waals surface area contributed by atoms with Crippen LogP contribution >= 0.6 is 11.8 Å². The minimum absolute atomic E-state index is 0.00689. The van der Waals surface area contributed by atoms with Crippen molar-refractivity contribution in [2.75, 3.05) is 17.2 Å². The maximum atomic E-state index is 12.9. The van der Waals surface area contributed by atoms with E-state index in [2.05, 4.69) is 0 Å². The zero-order chi connectivity index (χ0) is 14.6. The Labute approximate surface area is 121 Å². The van der Waals surface area contributed by atoms with Crippen LogP contribution in [0, 0.1) is 5.82 Å². The fraction of sp³-hybridized carbons (Fsp3) is 0.143. The number of hydrogen-bond donors (Lipinski definition) is 1. The average Bonchev–Trinajstić information content (AvgIpc) is 2.39. The first-order chi connectivity index (χ1) is 9.49. The van der Waals surface area contributed by atoms with Gasteiger partial charge in [-0.2, -0.15) is 0 Å². The molecule has 0 unspecified atom stereocenters. The highest BCUT2D eigenvalue weighted by Gasteiger charge is 2.17. The number of benzene rings is 2. The maximum Gasteiger partial charge on any atom is 0.181 e. The van der Waals surface area contributed by atoms with Gasteiger partial charge in [-0.1, -0.05) is 18.2 Å². The predicted octanol–water partition coefficient (Wildman–Crippen LogP) is 2.97. The first kappa shape index (κ1) is 14.9. The summed E-state index contributed by atoms with van der Waals surface area (Å²) >= 11 is 1.46. The Morgan fingerprint density at radius 1 is 1.10 bits per heavy atom. The Morgan fingerprint density at radius 3 is 2.45 bits per heavy atom. The molecule has 2 aromatic rings. The van der Waals surface area contributed by atoms with Gasteiger partial charge in [0.25, 0.3) is 0 Å². The molecule has 2 aromatic carbocycles.